The van der Waals surface area contributed by atoms with E-state index in [2.05, 4.69) is 19.2 Å². The molecule has 19 heavy (non-hydrogen) atoms. The summed E-state index contributed by atoms with van der Waals surface area (Å²) < 4.78 is 5.03. The summed E-state index contributed by atoms with van der Waals surface area (Å²) in [4.78, 5) is 24.5. The fourth-order valence-corrected chi connectivity index (χ4v) is 1.91. The number of aliphatic carboxylic acids is 1. The van der Waals surface area contributed by atoms with Gasteiger partial charge in [-0.05, 0) is 18.8 Å². The second-order valence-electron chi connectivity index (χ2n) is 5.42. The first-order valence-corrected chi connectivity index (χ1v) is 6.73. The maximum Gasteiger partial charge on any atom is 0.317 e. The molecule has 110 valence electrons. The molecule has 1 aliphatic rings. The minimum absolute atomic E-state index is 0.107. The minimum Gasteiger partial charge on any atom is -0.481 e. The van der Waals surface area contributed by atoms with Crippen molar-refractivity contribution < 1.29 is 19.4 Å². The van der Waals surface area contributed by atoms with Crippen LogP contribution in [0.4, 0.5) is 4.79 Å². The van der Waals surface area contributed by atoms with Crippen molar-refractivity contribution in [2.24, 2.45) is 5.92 Å². The first-order chi connectivity index (χ1) is 8.93. The Bertz CT molecular complexity index is 316. The molecule has 0 aliphatic heterocycles. The first-order valence-electron chi connectivity index (χ1n) is 6.73. The molecule has 0 aromatic carbocycles. The van der Waals surface area contributed by atoms with Gasteiger partial charge in [0.15, 0.2) is 0 Å². The molecule has 1 rings (SSSR count). The van der Waals surface area contributed by atoms with E-state index in [1.54, 1.807) is 0 Å². The molecule has 2 N–H and O–H groups in total. The first kappa shape index (κ1) is 15.8. The number of hydrogen-bond acceptors (Lipinski definition) is 3. The SMILES string of the molecule is COC(CNC(=O)N(CC(C)C)C1CC1)CC(=O)O. The lowest BCUT2D eigenvalue weighted by molar-refractivity contribution is -0.139. The monoisotopic (exact) mass is 272 g/mol. The van der Waals surface area contributed by atoms with Crippen LogP contribution < -0.4 is 5.32 Å². The normalized spacial score (nSPS) is 16.2. The second-order valence-corrected chi connectivity index (χ2v) is 5.42. The van der Waals surface area contributed by atoms with Gasteiger partial charge in [-0.2, -0.15) is 0 Å². The van der Waals surface area contributed by atoms with Gasteiger partial charge in [0.1, 0.15) is 0 Å². The molecule has 0 heterocycles. The van der Waals surface area contributed by atoms with Crippen LogP contribution in [-0.4, -0.2) is 54.4 Å². The number of carboxylic acid groups (broad SMARTS) is 1. The van der Waals surface area contributed by atoms with Crippen molar-refractivity contribution in [3.8, 4) is 0 Å². The van der Waals surface area contributed by atoms with E-state index in [-0.39, 0.29) is 19.0 Å². The number of carbonyl (C=O) groups excluding carboxylic acids is 1. The molecule has 0 spiro atoms. The Morgan fingerprint density at radius 1 is 1.42 bits per heavy atom. The van der Waals surface area contributed by atoms with Crippen molar-refractivity contribution in [2.75, 3.05) is 20.2 Å². The average Bonchev–Trinajstić information content (AvgIpc) is 3.14. The highest BCUT2D eigenvalue weighted by Gasteiger charge is 2.32. The summed E-state index contributed by atoms with van der Waals surface area (Å²) in [6.45, 7) is 5.10. The van der Waals surface area contributed by atoms with E-state index in [1.807, 2.05) is 4.90 Å². The van der Waals surface area contributed by atoms with Gasteiger partial charge in [0, 0.05) is 26.2 Å². The third-order valence-corrected chi connectivity index (χ3v) is 3.03. The molecule has 2 amide bonds. The van der Waals surface area contributed by atoms with Crippen LogP contribution in [0.25, 0.3) is 0 Å². The molecule has 6 heteroatoms. The minimum atomic E-state index is -0.928. The lowest BCUT2D eigenvalue weighted by atomic mass is 10.2. The Labute approximate surface area is 114 Å². The van der Waals surface area contributed by atoms with E-state index in [4.69, 9.17) is 9.84 Å². The van der Waals surface area contributed by atoms with Crippen LogP contribution in [-0.2, 0) is 9.53 Å². The number of rotatable bonds is 8. The molecule has 0 bridgehead atoms. The van der Waals surface area contributed by atoms with Gasteiger partial charge >= 0.3 is 12.0 Å². The fourth-order valence-electron chi connectivity index (χ4n) is 1.91. The van der Waals surface area contributed by atoms with Crippen LogP contribution in [0.1, 0.15) is 33.1 Å². The predicted molar refractivity (Wildman–Crippen MR) is 71.0 cm³/mol. The van der Waals surface area contributed by atoms with Crippen LogP contribution in [0.15, 0.2) is 0 Å². The van der Waals surface area contributed by atoms with E-state index in [1.165, 1.54) is 7.11 Å². The van der Waals surface area contributed by atoms with Crippen LogP contribution in [0, 0.1) is 5.92 Å². The Hall–Kier alpha value is -1.30. The fraction of sp³-hybridized carbons (Fsp3) is 0.846. The maximum absolute atomic E-state index is 12.1. The molecule has 0 aromatic heterocycles. The standard InChI is InChI=1S/C13H24N2O4/c1-9(2)8-15(10-4-5-10)13(18)14-7-11(19-3)6-12(16)17/h9-11H,4-8H2,1-3H3,(H,14,18)(H,16,17). The molecule has 1 fully saturated rings. The van der Waals surface area contributed by atoms with Gasteiger partial charge in [0.2, 0.25) is 0 Å². The highest BCUT2D eigenvalue weighted by molar-refractivity contribution is 5.75. The van der Waals surface area contributed by atoms with Gasteiger partial charge in [0.25, 0.3) is 0 Å². The summed E-state index contributed by atoms with van der Waals surface area (Å²) in [5, 5.41) is 11.5. The third-order valence-electron chi connectivity index (χ3n) is 3.03. The predicted octanol–water partition coefficient (Wildman–Crippen LogP) is 1.31. The number of carbonyl (C=O) groups is 2. The van der Waals surface area contributed by atoms with Crippen molar-refractivity contribution in [1.29, 1.82) is 0 Å². The highest BCUT2D eigenvalue weighted by Crippen LogP contribution is 2.27. The summed E-state index contributed by atoms with van der Waals surface area (Å²) in [5.74, 6) is -0.508. The lowest BCUT2D eigenvalue weighted by Crippen LogP contribution is -2.46. The number of nitrogens with zero attached hydrogens (tertiary/aromatic N) is 1. The van der Waals surface area contributed by atoms with Crippen molar-refractivity contribution in [3.63, 3.8) is 0 Å². The Kier molecular flexibility index (Phi) is 6.08. The number of hydrogen-bond donors (Lipinski definition) is 2. The van der Waals surface area contributed by atoms with Crippen LogP contribution in [0.5, 0.6) is 0 Å². The summed E-state index contributed by atoms with van der Waals surface area (Å²) >= 11 is 0. The Morgan fingerprint density at radius 3 is 2.47 bits per heavy atom. The molecule has 0 saturated heterocycles. The van der Waals surface area contributed by atoms with Crippen molar-refractivity contribution in [2.45, 2.75) is 45.3 Å². The van der Waals surface area contributed by atoms with Crippen molar-refractivity contribution in [1.82, 2.24) is 10.2 Å². The number of urea groups is 1. The van der Waals surface area contributed by atoms with Gasteiger partial charge in [0.05, 0.1) is 12.5 Å². The molecule has 1 aliphatic carbocycles. The van der Waals surface area contributed by atoms with Gasteiger partial charge in [-0.15, -0.1) is 0 Å². The Balaban J connectivity index is 2.40. The maximum atomic E-state index is 12.1. The zero-order chi connectivity index (χ0) is 14.4. The molecule has 1 atom stereocenters. The lowest BCUT2D eigenvalue weighted by Gasteiger charge is -2.25. The Morgan fingerprint density at radius 2 is 2.05 bits per heavy atom. The molecule has 0 aromatic rings. The average molecular weight is 272 g/mol. The second kappa shape index (κ2) is 7.33. The van der Waals surface area contributed by atoms with E-state index in [9.17, 15) is 9.59 Å². The molecule has 6 nitrogen and oxygen atoms in total. The van der Waals surface area contributed by atoms with E-state index < -0.39 is 12.1 Å². The largest absolute Gasteiger partial charge is 0.481 e. The molecule has 0 radical (unpaired) electrons. The van der Waals surface area contributed by atoms with Gasteiger partial charge < -0.3 is 20.1 Å². The summed E-state index contributed by atoms with van der Waals surface area (Å²) in [6, 6.07) is 0.228. The van der Waals surface area contributed by atoms with Gasteiger partial charge in [-0.1, -0.05) is 13.8 Å². The number of ether oxygens (including phenoxy) is 1. The quantitative estimate of drug-likeness (QED) is 0.698. The van der Waals surface area contributed by atoms with E-state index in [0.29, 0.717) is 12.0 Å². The summed E-state index contributed by atoms with van der Waals surface area (Å²) in [6.07, 6.45) is 1.53. The number of methoxy groups -OCH3 is 1. The van der Waals surface area contributed by atoms with Crippen LogP contribution in [0.3, 0.4) is 0 Å². The van der Waals surface area contributed by atoms with Crippen LogP contribution in [0.2, 0.25) is 0 Å². The molecule has 1 saturated carbocycles. The smallest absolute Gasteiger partial charge is 0.317 e. The van der Waals surface area contributed by atoms with Gasteiger partial charge in [-0.25, -0.2) is 4.79 Å². The topological polar surface area (TPSA) is 78.9 Å². The number of amides is 2. The molecular weight excluding hydrogens is 248 g/mol. The van der Waals surface area contributed by atoms with E-state index >= 15 is 0 Å². The molecule has 1 unspecified atom stereocenters. The van der Waals surface area contributed by atoms with E-state index in [0.717, 1.165) is 19.4 Å². The number of nitrogens with one attached hydrogen (secondary N) is 1. The summed E-state index contributed by atoms with van der Waals surface area (Å²) in [7, 11) is 1.45. The highest BCUT2D eigenvalue weighted by atomic mass is 16.5. The zero-order valence-corrected chi connectivity index (χ0v) is 11.9. The molecular formula is C13H24N2O4. The van der Waals surface area contributed by atoms with Crippen molar-refractivity contribution in [3.05, 3.63) is 0 Å². The van der Waals surface area contributed by atoms with Crippen molar-refractivity contribution >= 4 is 12.0 Å². The van der Waals surface area contributed by atoms with Crippen LogP contribution >= 0.6 is 0 Å². The third kappa shape index (κ3) is 5.92. The van der Waals surface area contributed by atoms with Gasteiger partial charge in [-0.3, -0.25) is 4.79 Å². The summed E-state index contributed by atoms with van der Waals surface area (Å²) in [5.41, 5.74) is 0. The zero-order valence-electron chi connectivity index (χ0n) is 11.9. The number of carboxylic acids is 1.